The Labute approximate surface area is 184 Å². The van der Waals surface area contributed by atoms with Gasteiger partial charge in [0.1, 0.15) is 16.4 Å². The summed E-state index contributed by atoms with van der Waals surface area (Å²) in [6.45, 7) is 4.77. The first kappa shape index (κ1) is 20.4. The normalized spacial score (nSPS) is 14.0. The summed E-state index contributed by atoms with van der Waals surface area (Å²) in [5.74, 6) is 1.50. The Kier molecular flexibility index (Phi) is 6.06. The zero-order valence-corrected chi connectivity index (χ0v) is 18.3. The first-order chi connectivity index (χ1) is 14.5. The van der Waals surface area contributed by atoms with Crippen LogP contribution in [0.3, 0.4) is 0 Å². The number of anilines is 3. The molecule has 156 valence electrons. The van der Waals surface area contributed by atoms with Gasteiger partial charge < -0.3 is 19.9 Å². The number of nitrogens with one attached hydrogen (secondary N) is 1. The third-order valence-electron chi connectivity index (χ3n) is 4.96. The van der Waals surface area contributed by atoms with E-state index in [1.54, 1.807) is 25.4 Å². The number of piperazine rings is 1. The predicted octanol–water partition coefficient (Wildman–Crippen LogP) is 4.21. The molecule has 30 heavy (non-hydrogen) atoms. The van der Waals surface area contributed by atoms with Crippen LogP contribution in [0.1, 0.15) is 15.4 Å². The van der Waals surface area contributed by atoms with Crippen molar-refractivity contribution >= 4 is 45.5 Å². The fraction of sp³-hybridized carbons (Fsp3) is 0.286. The fourth-order valence-corrected chi connectivity index (χ4v) is 4.37. The van der Waals surface area contributed by atoms with E-state index < -0.39 is 0 Å². The molecule has 3 heterocycles. The molecule has 0 spiro atoms. The van der Waals surface area contributed by atoms with Crippen molar-refractivity contribution in [3.8, 4) is 5.75 Å². The molecule has 0 atom stereocenters. The van der Waals surface area contributed by atoms with E-state index >= 15 is 0 Å². The third kappa shape index (κ3) is 4.49. The second-order valence-electron chi connectivity index (χ2n) is 6.90. The maximum absolute atomic E-state index is 13.1. The maximum atomic E-state index is 13.1. The highest BCUT2D eigenvalue weighted by atomic mass is 35.5. The molecule has 3 aromatic rings. The standard InChI is InChI=1S/C21H22ClN5O2S/c1-14-19(30-21(24-14)25-18-8-3-15(22)13-23-18)20(28)27-11-9-26(10-12-27)16-4-6-17(29-2)7-5-16/h3-8,13H,9-12H2,1-2H3,(H,23,24,25). The van der Waals surface area contributed by atoms with Crippen molar-refractivity contribution in [3.63, 3.8) is 0 Å². The van der Waals surface area contributed by atoms with E-state index in [9.17, 15) is 4.79 Å². The molecule has 1 aromatic carbocycles. The Morgan fingerprint density at radius 2 is 1.87 bits per heavy atom. The Bertz CT molecular complexity index is 1010. The lowest BCUT2D eigenvalue weighted by molar-refractivity contribution is 0.0750. The molecule has 1 N–H and O–H groups in total. The van der Waals surface area contributed by atoms with Gasteiger partial charge >= 0.3 is 0 Å². The number of methoxy groups -OCH3 is 1. The minimum absolute atomic E-state index is 0.0245. The lowest BCUT2D eigenvalue weighted by atomic mass is 10.2. The molecule has 0 radical (unpaired) electrons. The topological polar surface area (TPSA) is 70.6 Å². The molecule has 1 amide bonds. The molecule has 0 unspecified atom stereocenters. The van der Waals surface area contributed by atoms with Gasteiger partial charge in [-0.3, -0.25) is 4.79 Å². The van der Waals surface area contributed by atoms with Gasteiger partial charge in [0, 0.05) is 38.1 Å². The molecule has 7 nitrogen and oxygen atoms in total. The Balaban J connectivity index is 1.39. The van der Waals surface area contributed by atoms with E-state index in [1.807, 2.05) is 36.1 Å². The highest BCUT2D eigenvalue weighted by Gasteiger charge is 2.25. The Morgan fingerprint density at radius 3 is 2.50 bits per heavy atom. The highest BCUT2D eigenvalue weighted by molar-refractivity contribution is 7.17. The zero-order chi connectivity index (χ0) is 21.1. The molecule has 1 saturated heterocycles. The van der Waals surface area contributed by atoms with Crippen LogP contribution in [0, 0.1) is 6.92 Å². The zero-order valence-electron chi connectivity index (χ0n) is 16.8. The van der Waals surface area contributed by atoms with E-state index in [0.29, 0.717) is 33.9 Å². The van der Waals surface area contributed by atoms with Crippen LogP contribution < -0.4 is 15.0 Å². The summed E-state index contributed by atoms with van der Waals surface area (Å²) in [4.78, 5) is 26.6. The first-order valence-electron chi connectivity index (χ1n) is 9.58. The molecule has 0 aliphatic carbocycles. The summed E-state index contributed by atoms with van der Waals surface area (Å²) < 4.78 is 5.22. The van der Waals surface area contributed by atoms with Crippen LogP contribution in [-0.2, 0) is 0 Å². The minimum atomic E-state index is 0.0245. The average Bonchev–Trinajstić information content (AvgIpc) is 3.15. The maximum Gasteiger partial charge on any atom is 0.266 e. The van der Waals surface area contributed by atoms with Gasteiger partial charge in [0.25, 0.3) is 5.91 Å². The molecule has 9 heteroatoms. The van der Waals surface area contributed by atoms with Gasteiger partial charge in [-0.2, -0.15) is 0 Å². The number of amides is 1. The minimum Gasteiger partial charge on any atom is -0.497 e. The van der Waals surface area contributed by atoms with Gasteiger partial charge in [0.2, 0.25) is 0 Å². The van der Waals surface area contributed by atoms with E-state index in [2.05, 4.69) is 20.2 Å². The fourth-order valence-electron chi connectivity index (χ4n) is 3.31. The lowest BCUT2D eigenvalue weighted by Crippen LogP contribution is -2.48. The van der Waals surface area contributed by atoms with Crippen LogP contribution >= 0.6 is 22.9 Å². The van der Waals surface area contributed by atoms with E-state index in [-0.39, 0.29) is 5.91 Å². The molecule has 1 aliphatic heterocycles. The number of halogens is 1. The Hall–Kier alpha value is -2.84. The number of aromatic nitrogens is 2. The highest BCUT2D eigenvalue weighted by Crippen LogP contribution is 2.27. The average molecular weight is 444 g/mol. The van der Waals surface area contributed by atoms with Crippen LogP contribution in [0.4, 0.5) is 16.6 Å². The molecular formula is C21H22ClN5O2S. The number of ether oxygens (including phenoxy) is 1. The number of hydrogen-bond donors (Lipinski definition) is 1. The predicted molar refractivity (Wildman–Crippen MR) is 120 cm³/mol. The number of benzene rings is 1. The lowest BCUT2D eigenvalue weighted by Gasteiger charge is -2.36. The number of pyridine rings is 1. The van der Waals surface area contributed by atoms with Crippen molar-refractivity contribution in [1.82, 2.24) is 14.9 Å². The number of carbonyl (C=O) groups is 1. The SMILES string of the molecule is COc1ccc(N2CCN(C(=O)c3sc(Nc4ccc(Cl)cn4)nc3C)CC2)cc1. The summed E-state index contributed by atoms with van der Waals surface area (Å²) in [6.07, 6.45) is 1.57. The van der Waals surface area contributed by atoms with Gasteiger partial charge in [-0.1, -0.05) is 22.9 Å². The summed E-state index contributed by atoms with van der Waals surface area (Å²) in [7, 11) is 1.66. The monoisotopic (exact) mass is 443 g/mol. The van der Waals surface area contributed by atoms with Crippen molar-refractivity contribution in [2.45, 2.75) is 6.92 Å². The molecule has 2 aromatic heterocycles. The van der Waals surface area contributed by atoms with Crippen LogP contribution in [0.5, 0.6) is 5.75 Å². The van der Waals surface area contributed by atoms with Crippen molar-refractivity contribution in [2.24, 2.45) is 0 Å². The van der Waals surface area contributed by atoms with Crippen LogP contribution in [0.25, 0.3) is 0 Å². The quantitative estimate of drug-likeness (QED) is 0.636. The first-order valence-corrected chi connectivity index (χ1v) is 10.8. The number of hydrogen-bond acceptors (Lipinski definition) is 7. The number of thiazole rings is 1. The number of rotatable bonds is 5. The summed E-state index contributed by atoms with van der Waals surface area (Å²) in [5, 5.41) is 4.35. The Morgan fingerprint density at radius 1 is 1.13 bits per heavy atom. The van der Waals surface area contributed by atoms with Gasteiger partial charge in [-0.15, -0.1) is 0 Å². The van der Waals surface area contributed by atoms with Crippen LogP contribution in [0.15, 0.2) is 42.6 Å². The van der Waals surface area contributed by atoms with E-state index in [4.69, 9.17) is 16.3 Å². The van der Waals surface area contributed by atoms with Gasteiger partial charge in [0.15, 0.2) is 5.13 Å². The molecule has 0 saturated carbocycles. The van der Waals surface area contributed by atoms with Crippen molar-refractivity contribution in [2.75, 3.05) is 43.5 Å². The number of nitrogens with zero attached hydrogens (tertiary/aromatic N) is 4. The van der Waals surface area contributed by atoms with Crippen molar-refractivity contribution in [3.05, 3.63) is 58.2 Å². The molecular weight excluding hydrogens is 422 g/mol. The second kappa shape index (κ2) is 8.89. The van der Waals surface area contributed by atoms with Gasteiger partial charge in [0.05, 0.1) is 17.8 Å². The van der Waals surface area contributed by atoms with Crippen LogP contribution in [0.2, 0.25) is 5.02 Å². The van der Waals surface area contributed by atoms with E-state index in [0.717, 1.165) is 30.2 Å². The van der Waals surface area contributed by atoms with Crippen molar-refractivity contribution < 1.29 is 9.53 Å². The summed E-state index contributed by atoms with van der Waals surface area (Å²) >= 11 is 7.22. The number of carbonyl (C=O) groups excluding carboxylic acids is 1. The number of aryl methyl sites for hydroxylation is 1. The van der Waals surface area contributed by atoms with Gasteiger partial charge in [-0.25, -0.2) is 9.97 Å². The molecule has 1 fully saturated rings. The summed E-state index contributed by atoms with van der Waals surface area (Å²) in [5.41, 5.74) is 1.86. The van der Waals surface area contributed by atoms with Crippen LogP contribution in [-0.4, -0.2) is 54.1 Å². The third-order valence-corrected chi connectivity index (χ3v) is 6.24. The van der Waals surface area contributed by atoms with Crippen molar-refractivity contribution in [1.29, 1.82) is 0 Å². The van der Waals surface area contributed by atoms with E-state index in [1.165, 1.54) is 11.3 Å². The smallest absolute Gasteiger partial charge is 0.266 e. The summed E-state index contributed by atoms with van der Waals surface area (Å²) in [6, 6.07) is 11.5. The van der Waals surface area contributed by atoms with Gasteiger partial charge in [-0.05, 0) is 43.3 Å². The molecule has 0 bridgehead atoms. The largest absolute Gasteiger partial charge is 0.497 e. The second-order valence-corrected chi connectivity index (χ2v) is 8.33. The molecule has 4 rings (SSSR count). The molecule has 1 aliphatic rings.